The van der Waals surface area contributed by atoms with Gasteiger partial charge in [-0.1, -0.05) is 48.0 Å². The minimum Gasteiger partial charge on any atom is -0.448 e. The van der Waals surface area contributed by atoms with E-state index >= 15 is 0 Å². The molecular weight excluding hydrogens is 476 g/mol. The van der Waals surface area contributed by atoms with Crippen molar-refractivity contribution in [1.29, 1.82) is 0 Å². The zero-order chi connectivity index (χ0) is 25.1. The standard InChI is InChI=1S/C24H17ClN4O6/c1-14(22(30)26-20-12-11-16(29(33)34)13-19(20)25)35-24(32)21-17-9-5-6-10-18(17)23(31)28(27-21)15-7-3-2-4-8-15/h2-14H,1H3,(H,26,30). The van der Waals surface area contributed by atoms with Crippen molar-refractivity contribution < 1.29 is 19.2 Å². The number of amides is 1. The van der Waals surface area contributed by atoms with Crippen molar-refractivity contribution in [2.24, 2.45) is 0 Å². The molecule has 1 heterocycles. The van der Waals surface area contributed by atoms with Gasteiger partial charge in [0.2, 0.25) is 0 Å². The minimum absolute atomic E-state index is 0.0475. The van der Waals surface area contributed by atoms with Crippen LogP contribution >= 0.6 is 11.6 Å². The number of nitrogens with one attached hydrogen (secondary N) is 1. The third-order valence-corrected chi connectivity index (χ3v) is 5.39. The number of hydrogen-bond donors (Lipinski definition) is 1. The van der Waals surface area contributed by atoms with Crippen LogP contribution in [0.15, 0.2) is 77.6 Å². The molecule has 0 aliphatic rings. The lowest BCUT2D eigenvalue weighted by Gasteiger charge is -2.15. The predicted octanol–water partition coefficient (Wildman–Crippen LogP) is 4.13. The highest BCUT2D eigenvalue weighted by Crippen LogP contribution is 2.27. The highest BCUT2D eigenvalue weighted by molar-refractivity contribution is 6.34. The molecular formula is C24H17ClN4O6. The minimum atomic E-state index is -1.27. The van der Waals surface area contributed by atoms with Gasteiger partial charge in [-0.05, 0) is 31.2 Å². The number of esters is 1. The quantitative estimate of drug-likeness (QED) is 0.243. The van der Waals surface area contributed by atoms with E-state index in [4.69, 9.17) is 16.3 Å². The van der Waals surface area contributed by atoms with E-state index < -0.39 is 28.5 Å². The molecule has 1 unspecified atom stereocenters. The first-order valence-corrected chi connectivity index (χ1v) is 10.7. The first kappa shape index (κ1) is 23.6. The molecule has 0 aliphatic heterocycles. The number of halogens is 1. The molecule has 0 bridgehead atoms. The van der Waals surface area contributed by atoms with Gasteiger partial charge in [0.25, 0.3) is 17.2 Å². The molecule has 176 valence electrons. The predicted molar refractivity (Wildman–Crippen MR) is 129 cm³/mol. The van der Waals surface area contributed by atoms with Crippen LogP contribution in [-0.2, 0) is 9.53 Å². The maximum absolute atomic E-state index is 13.0. The Bertz CT molecular complexity index is 1520. The number of fused-ring (bicyclic) bond motifs is 1. The summed E-state index contributed by atoms with van der Waals surface area (Å²) in [7, 11) is 0. The van der Waals surface area contributed by atoms with E-state index in [-0.39, 0.29) is 32.9 Å². The molecule has 0 saturated carbocycles. The first-order valence-electron chi connectivity index (χ1n) is 10.3. The van der Waals surface area contributed by atoms with Gasteiger partial charge in [0.15, 0.2) is 11.8 Å². The number of hydrogen-bond acceptors (Lipinski definition) is 7. The highest BCUT2D eigenvalue weighted by atomic mass is 35.5. The van der Waals surface area contributed by atoms with Crippen molar-refractivity contribution in [2.75, 3.05) is 5.32 Å². The summed E-state index contributed by atoms with van der Waals surface area (Å²) in [6.45, 7) is 1.35. The van der Waals surface area contributed by atoms with Gasteiger partial charge >= 0.3 is 5.97 Å². The molecule has 4 aromatic rings. The molecule has 4 rings (SSSR count). The van der Waals surface area contributed by atoms with Crippen molar-refractivity contribution in [2.45, 2.75) is 13.0 Å². The van der Waals surface area contributed by atoms with Gasteiger partial charge in [0.05, 0.1) is 26.7 Å². The normalized spacial score (nSPS) is 11.6. The number of ether oxygens (including phenoxy) is 1. The lowest BCUT2D eigenvalue weighted by molar-refractivity contribution is -0.384. The lowest BCUT2D eigenvalue weighted by atomic mass is 10.1. The molecule has 10 nitrogen and oxygen atoms in total. The fourth-order valence-electron chi connectivity index (χ4n) is 3.31. The zero-order valence-corrected chi connectivity index (χ0v) is 18.9. The Labute approximate surface area is 202 Å². The number of rotatable bonds is 6. The molecule has 1 aromatic heterocycles. The van der Waals surface area contributed by atoms with Crippen LogP contribution in [0.5, 0.6) is 0 Å². The Morgan fingerprint density at radius 3 is 2.37 bits per heavy atom. The van der Waals surface area contributed by atoms with Crippen LogP contribution in [0.4, 0.5) is 11.4 Å². The molecule has 1 N–H and O–H groups in total. The Balaban J connectivity index is 1.61. The number of nitrogens with zero attached hydrogens (tertiary/aromatic N) is 3. The Morgan fingerprint density at radius 2 is 1.71 bits per heavy atom. The summed E-state index contributed by atoms with van der Waals surface area (Å²) in [4.78, 5) is 48.8. The summed E-state index contributed by atoms with van der Waals surface area (Å²) < 4.78 is 6.43. The fraction of sp³-hybridized carbons (Fsp3) is 0.0833. The van der Waals surface area contributed by atoms with E-state index in [0.29, 0.717) is 5.69 Å². The van der Waals surface area contributed by atoms with E-state index in [1.54, 1.807) is 54.6 Å². The third kappa shape index (κ3) is 4.87. The van der Waals surface area contributed by atoms with Crippen LogP contribution in [0, 0.1) is 10.1 Å². The van der Waals surface area contributed by atoms with Crippen molar-refractivity contribution in [3.05, 3.63) is 104 Å². The van der Waals surface area contributed by atoms with Crippen LogP contribution in [0.2, 0.25) is 5.02 Å². The number of carbonyl (C=O) groups is 2. The van der Waals surface area contributed by atoms with Crippen molar-refractivity contribution in [3.63, 3.8) is 0 Å². The van der Waals surface area contributed by atoms with Crippen LogP contribution in [0.3, 0.4) is 0 Å². The number of nitro groups is 1. The summed E-state index contributed by atoms with van der Waals surface area (Å²) in [5.41, 5.74) is -0.222. The second-order valence-corrected chi connectivity index (χ2v) is 7.81. The first-order chi connectivity index (χ1) is 16.8. The smallest absolute Gasteiger partial charge is 0.360 e. The van der Waals surface area contributed by atoms with Crippen LogP contribution in [-0.4, -0.2) is 32.7 Å². The molecule has 35 heavy (non-hydrogen) atoms. The summed E-state index contributed by atoms with van der Waals surface area (Å²) >= 11 is 6.01. The number of carbonyl (C=O) groups excluding carboxylic acids is 2. The second kappa shape index (κ2) is 9.74. The largest absolute Gasteiger partial charge is 0.448 e. The van der Waals surface area contributed by atoms with Gasteiger partial charge in [-0.3, -0.25) is 19.7 Å². The van der Waals surface area contributed by atoms with Gasteiger partial charge in [-0.2, -0.15) is 9.78 Å². The average molecular weight is 493 g/mol. The van der Waals surface area contributed by atoms with Gasteiger partial charge in [-0.15, -0.1) is 0 Å². The molecule has 0 fully saturated rings. The molecule has 11 heteroatoms. The summed E-state index contributed by atoms with van der Waals surface area (Å²) in [5.74, 6) is -1.63. The third-order valence-electron chi connectivity index (χ3n) is 5.07. The molecule has 1 atom stereocenters. The SMILES string of the molecule is CC(OC(=O)c1nn(-c2ccccc2)c(=O)c2ccccc12)C(=O)Nc1ccc([N+](=O)[O-])cc1Cl. The van der Waals surface area contributed by atoms with Crippen LogP contribution in [0.25, 0.3) is 16.5 Å². The summed E-state index contributed by atoms with van der Waals surface area (Å²) in [6.07, 6.45) is -1.27. The Morgan fingerprint density at radius 1 is 1.06 bits per heavy atom. The van der Waals surface area contributed by atoms with Gasteiger partial charge in [-0.25, -0.2) is 4.79 Å². The van der Waals surface area contributed by atoms with Gasteiger partial charge < -0.3 is 10.1 Å². The van der Waals surface area contributed by atoms with E-state index in [0.717, 1.165) is 10.7 Å². The monoisotopic (exact) mass is 492 g/mol. The van der Waals surface area contributed by atoms with Gasteiger partial charge in [0, 0.05) is 17.5 Å². The summed E-state index contributed by atoms with van der Waals surface area (Å²) in [5, 5.41) is 18.0. The Hall–Kier alpha value is -4.57. The second-order valence-electron chi connectivity index (χ2n) is 7.40. The molecule has 0 saturated heterocycles. The van der Waals surface area contributed by atoms with E-state index in [2.05, 4.69) is 10.4 Å². The number of para-hydroxylation sites is 1. The number of non-ortho nitro benzene ring substituents is 1. The van der Waals surface area contributed by atoms with E-state index in [9.17, 15) is 24.5 Å². The van der Waals surface area contributed by atoms with Crippen molar-refractivity contribution >= 4 is 45.6 Å². The summed E-state index contributed by atoms with van der Waals surface area (Å²) in [6, 6.07) is 18.6. The van der Waals surface area contributed by atoms with E-state index in [1.807, 2.05) is 0 Å². The number of nitro benzene ring substituents is 1. The fourth-order valence-corrected chi connectivity index (χ4v) is 3.53. The number of anilines is 1. The zero-order valence-electron chi connectivity index (χ0n) is 18.2. The molecule has 1 amide bonds. The van der Waals surface area contributed by atoms with Crippen molar-refractivity contribution in [1.82, 2.24) is 9.78 Å². The lowest BCUT2D eigenvalue weighted by Crippen LogP contribution is -2.31. The van der Waals surface area contributed by atoms with Crippen LogP contribution < -0.4 is 10.9 Å². The maximum atomic E-state index is 13.0. The number of benzene rings is 3. The highest BCUT2D eigenvalue weighted by Gasteiger charge is 2.24. The van der Waals surface area contributed by atoms with E-state index in [1.165, 1.54) is 19.1 Å². The molecule has 3 aromatic carbocycles. The molecule has 0 spiro atoms. The van der Waals surface area contributed by atoms with Crippen molar-refractivity contribution in [3.8, 4) is 5.69 Å². The Kier molecular flexibility index (Phi) is 6.56. The van der Waals surface area contributed by atoms with Crippen LogP contribution in [0.1, 0.15) is 17.4 Å². The average Bonchev–Trinajstić information content (AvgIpc) is 2.85. The topological polar surface area (TPSA) is 133 Å². The van der Waals surface area contributed by atoms with Gasteiger partial charge in [0.1, 0.15) is 0 Å². The molecule has 0 aliphatic carbocycles. The molecule has 0 radical (unpaired) electrons. The number of aromatic nitrogens is 2. The maximum Gasteiger partial charge on any atom is 0.360 e.